The highest BCUT2D eigenvalue weighted by Gasteiger charge is 2.27. The highest BCUT2D eigenvalue weighted by molar-refractivity contribution is 7.17. The Morgan fingerprint density at radius 1 is 1.22 bits per heavy atom. The quantitative estimate of drug-likeness (QED) is 0.438. The van der Waals surface area contributed by atoms with E-state index in [1.165, 1.54) is 22.3 Å². The number of anilines is 1. The Kier molecular flexibility index (Phi) is 6.16. The molecule has 0 fully saturated rings. The minimum atomic E-state index is -0.356. The lowest BCUT2D eigenvalue weighted by molar-refractivity contribution is -0.111. The number of aryl methyl sites for hydroxylation is 2. The van der Waals surface area contributed by atoms with E-state index < -0.39 is 0 Å². The number of ether oxygens (including phenoxy) is 1. The summed E-state index contributed by atoms with van der Waals surface area (Å²) in [6.45, 7) is 5.51. The molecular formula is C21H25NO4S. The zero-order valence-electron chi connectivity index (χ0n) is 16.0. The highest BCUT2D eigenvalue weighted by atomic mass is 32.1. The molecule has 3 rings (SSSR count). The van der Waals surface area contributed by atoms with Crippen LogP contribution in [0.1, 0.15) is 65.4 Å². The van der Waals surface area contributed by atoms with Crippen molar-refractivity contribution in [3.8, 4) is 0 Å². The molecule has 0 saturated heterocycles. The maximum absolute atomic E-state index is 12.7. The van der Waals surface area contributed by atoms with Crippen molar-refractivity contribution in [2.45, 2.75) is 59.0 Å². The highest BCUT2D eigenvalue weighted by Crippen LogP contribution is 2.38. The van der Waals surface area contributed by atoms with E-state index in [-0.39, 0.29) is 18.0 Å². The van der Waals surface area contributed by atoms with Gasteiger partial charge in [0.15, 0.2) is 0 Å². The van der Waals surface area contributed by atoms with Gasteiger partial charge in [-0.2, -0.15) is 0 Å². The van der Waals surface area contributed by atoms with Gasteiger partial charge in [-0.05, 0) is 70.2 Å². The predicted octanol–water partition coefficient (Wildman–Crippen LogP) is 5.14. The van der Waals surface area contributed by atoms with E-state index in [9.17, 15) is 9.59 Å². The average Bonchev–Trinajstić information content (AvgIpc) is 3.08. The van der Waals surface area contributed by atoms with E-state index in [0.29, 0.717) is 16.3 Å². The molecule has 0 aromatic carbocycles. The number of amides is 1. The van der Waals surface area contributed by atoms with Gasteiger partial charge in [-0.15, -0.1) is 11.3 Å². The van der Waals surface area contributed by atoms with E-state index >= 15 is 0 Å². The smallest absolute Gasteiger partial charge is 0.341 e. The zero-order chi connectivity index (χ0) is 19.4. The number of thiophene rings is 1. The lowest BCUT2D eigenvalue weighted by Gasteiger charge is -2.11. The first-order valence-electron chi connectivity index (χ1n) is 9.35. The fourth-order valence-corrected chi connectivity index (χ4v) is 4.45. The molecule has 0 atom stereocenters. The maximum atomic E-state index is 12.7. The number of hydrogen-bond donors (Lipinski definition) is 1. The number of hydrogen-bond acceptors (Lipinski definition) is 5. The molecule has 0 spiro atoms. The molecule has 1 aliphatic rings. The van der Waals surface area contributed by atoms with Gasteiger partial charge in [0.25, 0.3) is 0 Å². The monoisotopic (exact) mass is 387 g/mol. The standard InChI is InChI=1S/C21H25NO4S/c1-13(2)25-21(24)19-16-7-5-4-6-8-17(16)27-20(19)22-18(23)12-11-15-10-9-14(3)26-15/h9-13H,4-8H2,1-3H3,(H,22,23)/b12-11+. The molecule has 1 amide bonds. The van der Waals surface area contributed by atoms with Crippen LogP contribution < -0.4 is 5.32 Å². The summed E-state index contributed by atoms with van der Waals surface area (Å²) in [4.78, 5) is 26.3. The van der Waals surface area contributed by atoms with Crippen LogP contribution >= 0.6 is 11.3 Å². The van der Waals surface area contributed by atoms with Crippen molar-refractivity contribution in [1.82, 2.24) is 0 Å². The molecule has 144 valence electrons. The van der Waals surface area contributed by atoms with Crippen molar-refractivity contribution in [2.24, 2.45) is 0 Å². The van der Waals surface area contributed by atoms with E-state index in [2.05, 4.69) is 5.32 Å². The lowest BCUT2D eigenvalue weighted by atomic mass is 10.1. The molecule has 2 aromatic rings. The predicted molar refractivity (Wildman–Crippen MR) is 107 cm³/mol. The third-order valence-corrected chi connectivity index (χ3v) is 5.57. The van der Waals surface area contributed by atoms with Gasteiger partial charge >= 0.3 is 5.97 Å². The molecule has 1 aliphatic carbocycles. The molecule has 6 heteroatoms. The fourth-order valence-electron chi connectivity index (χ4n) is 3.17. The van der Waals surface area contributed by atoms with Crippen LogP contribution in [0.3, 0.4) is 0 Å². The summed E-state index contributed by atoms with van der Waals surface area (Å²) >= 11 is 1.49. The first kappa shape index (κ1) is 19.4. The van der Waals surface area contributed by atoms with Gasteiger partial charge in [-0.3, -0.25) is 4.79 Å². The first-order valence-corrected chi connectivity index (χ1v) is 10.2. The van der Waals surface area contributed by atoms with Crippen LogP contribution in [0.25, 0.3) is 6.08 Å². The van der Waals surface area contributed by atoms with E-state index in [4.69, 9.17) is 9.15 Å². The van der Waals surface area contributed by atoms with E-state index in [1.807, 2.05) is 26.8 Å². The van der Waals surface area contributed by atoms with Crippen LogP contribution in [0.4, 0.5) is 5.00 Å². The van der Waals surface area contributed by atoms with Crippen molar-refractivity contribution in [1.29, 1.82) is 0 Å². The average molecular weight is 388 g/mol. The number of carbonyl (C=O) groups excluding carboxylic acids is 2. The molecule has 0 aliphatic heterocycles. The van der Waals surface area contributed by atoms with Gasteiger partial charge in [-0.1, -0.05) is 6.42 Å². The number of esters is 1. The second-order valence-electron chi connectivity index (χ2n) is 6.99. The molecular weight excluding hydrogens is 362 g/mol. The largest absolute Gasteiger partial charge is 0.462 e. The Morgan fingerprint density at radius 2 is 2.00 bits per heavy atom. The molecule has 0 saturated carbocycles. The van der Waals surface area contributed by atoms with Gasteiger partial charge in [0, 0.05) is 11.0 Å². The van der Waals surface area contributed by atoms with Crippen molar-refractivity contribution in [3.63, 3.8) is 0 Å². The summed E-state index contributed by atoms with van der Waals surface area (Å²) in [6, 6.07) is 3.64. The number of furan rings is 1. The molecule has 1 N–H and O–H groups in total. The van der Waals surface area contributed by atoms with Crippen LogP contribution in [0.15, 0.2) is 22.6 Å². The normalized spacial score (nSPS) is 14.2. The number of carbonyl (C=O) groups is 2. The second-order valence-corrected chi connectivity index (χ2v) is 8.10. The summed E-state index contributed by atoms with van der Waals surface area (Å²) in [7, 11) is 0. The summed E-state index contributed by atoms with van der Waals surface area (Å²) in [6.07, 6.45) is 7.95. The van der Waals surface area contributed by atoms with Crippen LogP contribution in [0, 0.1) is 6.92 Å². The number of rotatable bonds is 5. The van der Waals surface area contributed by atoms with Crippen LogP contribution in [0.2, 0.25) is 0 Å². The molecule has 2 heterocycles. The van der Waals surface area contributed by atoms with E-state index in [0.717, 1.165) is 43.4 Å². The molecule has 0 radical (unpaired) electrons. The molecule has 5 nitrogen and oxygen atoms in total. The number of fused-ring (bicyclic) bond motifs is 1. The Labute approximate surface area is 163 Å². The van der Waals surface area contributed by atoms with E-state index in [1.54, 1.807) is 12.1 Å². The maximum Gasteiger partial charge on any atom is 0.341 e. The SMILES string of the molecule is Cc1ccc(/C=C/C(=O)Nc2sc3c(c2C(=O)OC(C)C)CCCCC3)o1. The summed E-state index contributed by atoms with van der Waals surface area (Å²) in [5.41, 5.74) is 1.57. The Balaban J connectivity index is 1.84. The van der Waals surface area contributed by atoms with Crippen LogP contribution in [0.5, 0.6) is 0 Å². The minimum Gasteiger partial charge on any atom is -0.462 e. The van der Waals surface area contributed by atoms with Crippen LogP contribution in [-0.4, -0.2) is 18.0 Å². The van der Waals surface area contributed by atoms with Crippen molar-refractivity contribution >= 4 is 34.3 Å². The molecule has 0 unspecified atom stereocenters. The van der Waals surface area contributed by atoms with Gasteiger partial charge in [0.1, 0.15) is 16.5 Å². The van der Waals surface area contributed by atoms with Crippen LogP contribution in [-0.2, 0) is 22.4 Å². The number of nitrogens with one attached hydrogen (secondary N) is 1. The van der Waals surface area contributed by atoms with Gasteiger partial charge in [0.2, 0.25) is 5.91 Å². The topological polar surface area (TPSA) is 68.5 Å². The van der Waals surface area contributed by atoms with Gasteiger partial charge < -0.3 is 14.5 Å². The first-order chi connectivity index (χ1) is 12.9. The Hall–Kier alpha value is -2.34. The third-order valence-electron chi connectivity index (χ3n) is 4.37. The summed E-state index contributed by atoms with van der Waals surface area (Å²) in [5.74, 6) is 0.754. The van der Waals surface area contributed by atoms with Gasteiger partial charge in [-0.25, -0.2) is 4.79 Å². The summed E-state index contributed by atoms with van der Waals surface area (Å²) in [5, 5.41) is 3.45. The zero-order valence-corrected chi connectivity index (χ0v) is 16.8. The van der Waals surface area contributed by atoms with Crippen molar-refractivity contribution in [3.05, 3.63) is 45.7 Å². The lowest BCUT2D eigenvalue weighted by Crippen LogP contribution is -2.16. The Bertz CT molecular complexity index is 860. The third kappa shape index (κ3) is 4.89. The molecule has 2 aromatic heterocycles. The van der Waals surface area contributed by atoms with Gasteiger partial charge in [0.05, 0.1) is 11.7 Å². The molecule has 0 bridgehead atoms. The summed E-state index contributed by atoms with van der Waals surface area (Å²) < 4.78 is 10.9. The minimum absolute atomic E-state index is 0.204. The van der Waals surface area contributed by atoms with Crippen molar-refractivity contribution in [2.75, 3.05) is 5.32 Å². The molecule has 27 heavy (non-hydrogen) atoms. The van der Waals surface area contributed by atoms with Crippen molar-refractivity contribution < 1.29 is 18.7 Å². The Morgan fingerprint density at radius 3 is 2.70 bits per heavy atom. The fraction of sp³-hybridized carbons (Fsp3) is 0.429. The second kappa shape index (κ2) is 8.57.